The van der Waals surface area contributed by atoms with Crippen LogP contribution in [0.5, 0.6) is 5.75 Å². The van der Waals surface area contributed by atoms with Crippen LogP contribution in [0.4, 0.5) is 0 Å². The number of hydrogen-bond donors (Lipinski definition) is 0. The fourth-order valence-electron chi connectivity index (χ4n) is 2.78. The Bertz CT molecular complexity index is 413. The lowest BCUT2D eigenvalue weighted by atomic mass is 9.81. The fourth-order valence-corrected chi connectivity index (χ4v) is 3.91. The van der Waals surface area contributed by atoms with Gasteiger partial charge in [-0.15, -0.1) is 11.6 Å². The van der Waals surface area contributed by atoms with E-state index >= 15 is 0 Å². The first-order chi connectivity index (χ1) is 8.57. The lowest BCUT2D eigenvalue weighted by Crippen LogP contribution is -2.18. The van der Waals surface area contributed by atoms with Crippen molar-refractivity contribution in [3.63, 3.8) is 0 Å². The molecule has 0 bridgehead atoms. The average molecular weight is 332 g/mol. The molecular weight excluding hydrogens is 312 g/mol. The SMILES string of the molecule is CCOc1ccc(C(Cl)C2(C)CCCC2)c(Br)c1. The van der Waals surface area contributed by atoms with Crippen LogP contribution in [0, 0.1) is 5.41 Å². The predicted molar refractivity (Wildman–Crippen MR) is 80.5 cm³/mol. The van der Waals surface area contributed by atoms with Gasteiger partial charge in [0.25, 0.3) is 0 Å². The van der Waals surface area contributed by atoms with Crippen LogP contribution < -0.4 is 4.74 Å². The second-order valence-electron chi connectivity index (χ2n) is 5.34. The highest BCUT2D eigenvalue weighted by Crippen LogP contribution is 2.52. The standard InChI is InChI=1S/C15H20BrClO/c1-3-18-11-6-7-12(13(16)10-11)14(17)15(2)8-4-5-9-15/h6-7,10,14H,3-5,8-9H2,1-2H3. The van der Waals surface area contributed by atoms with Crippen LogP contribution in [0.15, 0.2) is 22.7 Å². The van der Waals surface area contributed by atoms with E-state index in [1.165, 1.54) is 31.2 Å². The van der Waals surface area contributed by atoms with Crippen molar-refractivity contribution in [3.05, 3.63) is 28.2 Å². The van der Waals surface area contributed by atoms with Crippen LogP contribution in [0.25, 0.3) is 0 Å². The van der Waals surface area contributed by atoms with E-state index in [0.29, 0.717) is 6.61 Å². The molecule has 3 heteroatoms. The third-order valence-electron chi connectivity index (χ3n) is 3.91. The van der Waals surface area contributed by atoms with Gasteiger partial charge in [-0.1, -0.05) is 41.8 Å². The molecule has 0 aromatic heterocycles. The zero-order chi connectivity index (χ0) is 13.2. The molecule has 2 rings (SSSR count). The van der Waals surface area contributed by atoms with Crippen molar-refractivity contribution < 1.29 is 4.74 Å². The molecule has 18 heavy (non-hydrogen) atoms. The molecule has 0 heterocycles. The van der Waals surface area contributed by atoms with Crippen molar-refractivity contribution in [2.75, 3.05) is 6.61 Å². The van der Waals surface area contributed by atoms with E-state index < -0.39 is 0 Å². The van der Waals surface area contributed by atoms with E-state index in [2.05, 4.69) is 28.9 Å². The molecule has 1 aromatic rings. The van der Waals surface area contributed by atoms with Gasteiger partial charge in [0.2, 0.25) is 0 Å². The summed E-state index contributed by atoms with van der Waals surface area (Å²) >= 11 is 10.3. The molecule has 0 aliphatic heterocycles. The zero-order valence-corrected chi connectivity index (χ0v) is 13.4. The summed E-state index contributed by atoms with van der Waals surface area (Å²) in [6, 6.07) is 6.13. The van der Waals surface area contributed by atoms with E-state index in [1.54, 1.807) is 0 Å². The normalized spacial score (nSPS) is 19.8. The van der Waals surface area contributed by atoms with Crippen LogP contribution in [0.1, 0.15) is 50.5 Å². The molecule has 0 saturated heterocycles. The smallest absolute Gasteiger partial charge is 0.120 e. The third-order valence-corrected chi connectivity index (χ3v) is 5.36. The summed E-state index contributed by atoms with van der Waals surface area (Å²) in [5.74, 6) is 0.897. The van der Waals surface area contributed by atoms with Crippen molar-refractivity contribution >= 4 is 27.5 Å². The third kappa shape index (κ3) is 2.85. The van der Waals surface area contributed by atoms with E-state index in [4.69, 9.17) is 16.3 Å². The molecule has 0 spiro atoms. The van der Waals surface area contributed by atoms with Crippen molar-refractivity contribution in [2.24, 2.45) is 5.41 Å². The minimum Gasteiger partial charge on any atom is -0.494 e. The Hall–Kier alpha value is -0.210. The molecular formula is C15H20BrClO. The number of rotatable bonds is 4. The molecule has 1 aliphatic carbocycles. The second-order valence-corrected chi connectivity index (χ2v) is 6.63. The Labute approximate surface area is 123 Å². The lowest BCUT2D eigenvalue weighted by Gasteiger charge is -2.30. The summed E-state index contributed by atoms with van der Waals surface area (Å²) in [7, 11) is 0. The second kappa shape index (κ2) is 5.83. The van der Waals surface area contributed by atoms with Gasteiger partial charge < -0.3 is 4.74 Å². The molecule has 1 atom stereocenters. The van der Waals surface area contributed by atoms with Gasteiger partial charge in [0.15, 0.2) is 0 Å². The average Bonchev–Trinajstić information content (AvgIpc) is 2.77. The number of halogens is 2. The minimum absolute atomic E-state index is 0.0741. The summed E-state index contributed by atoms with van der Waals surface area (Å²) in [4.78, 5) is 0. The summed E-state index contributed by atoms with van der Waals surface area (Å²) < 4.78 is 6.56. The van der Waals surface area contributed by atoms with Gasteiger partial charge in [0, 0.05) is 4.47 Å². The van der Waals surface area contributed by atoms with E-state index in [1.807, 2.05) is 19.1 Å². The summed E-state index contributed by atoms with van der Waals surface area (Å²) in [5, 5.41) is 0.0741. The first kappa shape index (κ1) is 14.2. The molecule has 0 radical (unpaired) electrons. The molecule has 100 valence electrons. The van der Waals surface area contributed by atoms with Crippen LogP contribution in [0.3, 0.4) is 0 Å². The molecule has 1 fully saturated rings. The summed E-state index contributed by atoms with van der Waals surface area (Å²) in [6.45, 7) is 4.99. The van der Waals surface area contributed by atoms with Gasteiger partial charge in [-0.3, -0.25) is 0 Å². The molecule has 0 N–H and O–H groups in total. The number of ether oxygens (including phenoxy) is 1. The quantitative estimate of drug-likeness (QED) is 0.642. The van der Waals surface area contributed by atoms with E-state index in [-0.39, 0.29) is 10.8 Å². The van der Waals surface area contributed by atoms with Gasteiger partial charge >= 0.3 is 0 Å². The monoisotopic (exact) mass is 330 g/mol. The van der Waals surface area contributed by atoms with Gasteiger partial charge in [0.1, 0.15) is 5.75 Å². The van der Waals surface area contributed by atoms with Gasteiger partial charge in [0.05, 0.1) is 12.0 Å². The van der Waals surface area contributed by atoms with E-state index in [9.17, 15) is 0 Å². The van der Waals surface area contributed by atoms with Crippen molar-refractivity contribution in [3.8, 4) is 5.75 Å². The van der Waals surface area contributed by atoms with Crippen molar-refractivity contribution in [2.45, 2.75) is 44.9 Å². The maximum absolute atomic E-state index is 6.72. The van der Waals surface area contributed by atoms with Gasteiger partial charge in [-0.2, -0.15) is 0 Å². The fraction of sp³-hybridized carbons (Fsp3) is 0.600. The van der Waals surface area contributed by atoms with E-state index in [0.717, 1.165) is 10.2 Å². The highest BCUT2D eigenvalue weighted by Gasteiger charge is 2.37. The largest absolute Gasteiger partial charge is 0.494 e. The zero-order valence-electron chi connectivity index (χ0n) is 11.0. The van der Waals surface area contributed by atoms with Crippen LogP contribution in [-0.2, 0) is 0 Å². The van der Waals surface area contributed by atoms with Crippen LogP contribution in [0.2, 0.25) is 0 Å². The first-order valence-electron chi connectivity index (χ1n) is 6.63. The molecule has 1 unspecified atom stereocenters. The first-order valence-corrected chi connectivity index (χ1v) is 7.86. The van der Waals surface area contributed by atoms with Crippen LogP contribution >= 0.6 is 27.5 Å². The molecule has 0 amide bonds. The lowest BCUT2D eigenvalue weighted by molar-refractivity contribution is 0.320. The van der Waals surface area contributed by atoms with Gasteiger partial charge in [-0.25, -0.2) is 0 Å². The number of benzene rings is 1. The van der Waals surface area contributed by atoms with Crippen molar-refractivity contribution in [1.82, 2.24) is 0 Å². The topological polar surface area (TPSA) is 9.23 Å². The maximum atomic E-state index is 6.72. The van der Waals surface area contributed by atoms with Crippen molar-refractivity contribution in [1.29, 1.82) is 0 Å². The minimum atomic E-state index is 0.0741. The maximum Gasteiger partial charge on any atom is 0.120 e. The highest BCUT2D eigenvalue weighted by molar-refractivity contribution is 9.10. The Morgan fingerprint density at radius 3 is 2.61 bits per heavy atom. The Kier molecular flexibility index (Phi) is 4.60. The summed E-state index contributed by atoms with van der Waals surface area (Å²) in [6.07, 6.45) is 5.05. The van der Waals surface area contributed by atoms with Crippen LogP contribution in [-0.4, -0.2) is 6.61 Å². The number of alkyl halides is 1. The molecule has 1 saturated carbocycles. The Morgan fingerprint density at radius 1 is 1.39 bits per heavy atom. The Balaban J connectivity index is 2.22. The molecule has 1 aliphatic rings. The highest BCUT2D eigenvalue weighted by atomic mass is 79.9. The Morgan fingerprint density at radius 2 is 2.06 bits per heavy atom. The molecule has 1 nitrogen and oxygen atoms in total. The predicted octanol–water partition coefficient (Wildman–Crippen LogP) is 5.71. The molecule has 1 aromatic carbocycles. The van der Waals surface area contributed by atoms with Gasteiger partial charge in [-0.05, 0) is 42.9 Å². The summed E-state index contributed by atoms with van der Waals surface area (Å²) in [5.41, 5.74) is 1.42. The number of hydrogen-bond acceptors (Lipinski definition) is 1.